The second kappa shape index (κ2) is 5.11. The molecule has 22 heavy (non-hydrogen) atoms. The van der Waals surface area contributed by atoms with Crippen molar-refractivity contribution in [1.29, 1.82) is 0 Å². The van der Waals surface area contributed by atoms with E-state index in [9.17, 15) is 4.79 Å². The zero-order valence-electron chi connectivity index (χ0n) is 11.9. The molecule has 0 aliphatic rings. The van der Waals surface area contributed by atoms with Crippen LogP contribution in [0, 0.1) is 0 Å². The zero-order valence-corrected chi connectivity index (χ0v) is 11.9. The third-order valence-electron chi connectivity index (χ3n) is 3.88. The summed E-state index contributed by atoms with van der Waals surface area (Å²) in [5.74, 6) is 0.583. The van der Waals surface area contributed by atoms with Gasteiger partial charge in [0.2, 0.25) is 5.78 Å². The molecule has 2 aromatic heterocycles. The van der Waals surface area contributed by atoms with Crippen molar-refractivity contribution in [2.24, 2.45) is 0 Å². The van der Waals surface area contributed by atoms with Crippen molar-refractivity contribution in [3.8, 4) is 0 Å². The lowest BCUT2D eigenvalue weighted by atomic mass is 10.1. The number of aromatic nitrogens is 4. The Bertz CT molecular complexity index is 1000. The van der Waals surface area contributed by atoms with Crippen molar-refractivity contribution in [2.45, 2.75) is 13.0 Å². The molecule has 0 unspecified atom stereocenters. The van der Waals surface area contributed by atoms with E-state index in [-0.39, 0.29) is 5.56 Å². The number of benzene rings is 2. The third-order valence-corrected chi connectivity index (χ3v) is 3.88. The second-order valence-corrected chi connectivity index (χ2v) is 5.21. The van der Waals surface area contributed by atoms with Crippen LogP contribution in [-0.2, 0) is 13.0 Å². The lowest BCUT2D eigenvalue weighted by Gasteiger charge is -2.10. The van der Waals surface area contributed by atoms with Crippen molar-refractivity contribution in [3.05, 3.63) is 76.8 Å². The fourth-order valence-electron chi connectivity index (χ4n) is 2.77. The van der Waals surface area contributed by atoms with Gasteiger partial charge in [-0.25, -0.2) is 0 Å². The molecule has 0 bridgehead atoms. The monoisotopic (exact) mass is 290 g/mol. The number of para-hydroxylation sites is 1. The highest BCUT2D eigenvalue weighted by Crippen LogP contribution is 2.12. The van der Waals surface area contributed by atoms with Gasteiger partial charge in [-0.3, -0.25) is 13.8 Å². The molecule has 0 saturated carbocycles. The third kappa shape index (κ3) is 1.98. The van der Waals surface area contributed by atoms with E-state index in [0.29, 0.717) is 17.7 Å². The van der Waals surface area contributed by atoms with Crippen LogP contribution in [0.2, 0.25) is 0 Å². The summed E-state index contributed by atoms with van der Waals surface area (Å²) in [6.07, 6.45) is 2.43. The Morgan fingerprint density at radius 3 is 2.59 bits per heavy atom. The number of fused-ring (bicyclic) bond motifs is 3. The normalized spacial score (nSPS) is 11.3. The van der Waals surface area contributed by atoms with E-state index >= 15 is 0 Å². The maximum Gasteiger partial charge on any atom is 0.262 e. The SMILES string of the molecule is O=c1c2ccccc2n2cnnc2n1CCc1ccccc1. The molecule has 0 saturated heterocycles. The van der Waals surface area contributed by atoms with Crippen LogP contribution >= 0.6 is 0 Å². The van der Waals surface area contributed by atoms with Gasteiger partial charge in [0.15, 0.2) is 0 Å². The standard InChI is InChI=1S/C17H14N4O/c22-16-14-8-4-5-9-15(14)21-12-18-19-17(21)20(16)11-10-13-6-2-1-3-7-13/h1-9,12H,10-11H2. The van der Waals surface area contributed by atoms with Crippen molar-refractivity contribution in [1.82, 2.24) is 19.2 Å². The van der Waals surface area contributed by atoms with E-state index in [1.807, 2.05) is 46.9 Å². The van der Waals surface area contributed by atoms with E-state index < -0.39 is 0 Å². The van der Waals surface area contributed by atoms with Crippen molar-refractivity contribution >= 4 is 16.7 Å². The van der Waals surface area contributed by atoms with Gasteiger partial charge in [-0.2, -0.15) is 0 Å². The highest BCUT2D eigenvalue weighted by atomic mass is 16.1. The molecule has 108 valence electrons. The molecule has 5 nitrogen and oxygen atoms in total. The molecule has 0 atom stereocenters. The lowest BCUT2D eigenvalue weighted by Crippen LogP contribution is -2.24. The lowest BCUT2D eigenvalue weighted by molar-refractivity contribution is 0.678. The minimum atomic E-state index is -0.0213. The van der Waals surface area contributed by atoms with Crippen LogP contribution in [0.15, 0.2) is 65.7 Å². The highest BCUT2D eigenvalue weighted by molar-refractivity contribution is 5.79. The van der Waals surface area contributed by atoms with Gasteiger partial charge in [-0.05, 0) is 24.1 Å². The summed E-state index contributed by atoms with van der Waals surface area (Å²) < 4.78 is 3.56. The van der Waals surface area contributed by atoms with Crippen molar-refractivity contribution in [2.75, 3.05) is 0 Å². The van der Waals surface area contributed by atoms with Gasteiger partial charge < -0.3 is 0 Å². The smallest absolute Gasteiger partial charge is 0.262 e. The summed E-state index contributed by atoms with van der Waals surface area (Å²) in [6.45, 7) is 0.579. The summed E-state index contributed by atoms with van der Waals surface area (Å²) >= 11 is 0. The Morgan fingerprint density at radius 2 is 1.73 bits per heavy atom. The first-order valence-electron chi connectivity index (χ1n) is 7.20. The maximum absolute atomic E-state index is 12.7. The molecular formula is C17H14N4O. The molecule has 0 fully saturated rings. The molecule has 0 spiro atoms. The predicted molar refractivity (Wildman–Crippen MR) is 84.9 cm³/mol. The Kier molecular flexibility index (Phi) is 2.96. The van der Waals surface area contributed by atoms with E-state index in [0.717, 1.165) is 11.9 Å². The molecule has 5 heteroatoms. The van der Waals surface area contributed by atoms with Gasteiger partial charge in [-0.15, -0.1) is 10.2 Å². The van der Waals surface area contributed by atoms with E-state index in [2.05, 4.69) is 22.3 Å². The van der Waals surface area contributed by atoms with Gasteiger partial charge >= 0.3 is 0 Å². The molecule has 2 aromatic carbocycles. The van der Waals surface area contributed by atoms with Crippen LogP contribution in [0.3, 0.4) is 0 Å². The van der Waals surface area contributed by atoms with Gasteiger partial charge in [0, 0.05) is 6.54 Å². The van der Waals surface area contributed by atoms with Gasteiger partial charge in [-0.1, -0.05) is 42.5 Å². The fraction of sp³-hybridized carbons (Fsp3) is 0.118. The molecule has 4 aromatic rings. The molecule has 0 amide bonds. The Morgan fingerprint density at radius 1 is 0.955 bits per heavy atom. The Labute approximate surface area is 126 Å². The van der Waals surface area contributed by atoms with E-state index in [1.54, 1.807) is 10.9 Å². The van der Waals surface area contributed by atoms with E-state index in [1.165, 1.54) is 5.56 Å². The van der Waals surface area contributed by atoms with Crippen LogP contribution in [0.1, 0.15) is 5.56 Å². The summed E-state index contributed by atoms with van der Waals surface area (Å²) in [4.78, 5) is 12.7. The van der Waals surface area contributed by atoms with Crippen molar-refractivity contribution < 1.29 is 0 Å². The predicted octanol–water partition coefficient (Wildman–Crippen LogP) is 2.29. The van der Waals surface area contributed by atoms with Gasteiger partial charge in [0.25, 0.3) is 5.56 Å². The average Bonchev–Trinajstić information content (AvgIpc) is 3.05. The van der Waals surface area contributed by atoms with Crippen LogP contribution in [0.4, 0.5) is 0 Å². The minimum Gasteiger partial charge on any atom is -0.276 e. The van der Waals surface area contributed by atoms with Crippen LogP contribution < -0.4 is 5.56 Å². The Hall–Kier alpha value is -2.95. The Balaban J connectivity index is 1.87. The maximum atomic E-state index is 12.7. The second-order valence-electron chi connectivity index (χ2n) is 5.21. The van der Waals surface area contributed by atoms with E-state index in [4.69, 9.17) is 0 Å². The first-order chi connectivity index (χ1) is 10.8. The van der Waals surface area contributed by atoms with Crippen LogP contribution in [0.5, 0.6) is 0 Å². The molecule has 0 N–H and O–H groups in total. The van der Waals surface area contributed by atoms with Crippen LogP contribution in [0.25, 0.3) is 16.7 Å². The molecule has 0 aliphatic heterocycles. The summed E-state index contributed by atoms with van der Waals surface area (Å²) in [5.41, 5.74) is 2.01. The fourth-order valence-corrected chi connectivity index (χ4v) is 2.77. The minimum absolute atomic E-state index is 0.0213. The summed E-state index contributed by atoms with van der Waals surface area (Å²) in [5, 5.41) is 8.76. The number of nitrogens with zero attached hydrogens (tertiary/aromatic N) is 4. The summed E-state index contributed by atoms with van der Waals surface area (Å²) in [6, 6.07) is 17.7. The number of rotatable bonds is 3. The first-order valence-corrected chi connectivity index (χ1v) is 7.20. The molecule has 0 aliphatic carbocycles. The molecular weight excluding hydrogens is 276 g/mol. The number of aryl methyl sites for hydroxylation is 2. The largest absolute Gasteiger partial charge is 0.276 e. The van der Waals surface area contributed by atoms with Gasteiger partial charge in [0.1, 0.15) is 6.33 Å². The zero-order chi connectivity index (χ0) is 14.9. The number of hydrogen-bond acceptors (Lipinski definition) is 3. The first kappa shape index (κ1) is 12.8. The van der Waals surface area contributed by atoms with Crippen molar-refractivity contribution in [3.63, 3.8) is 0 Å². The molecule has 0 radical (unpaired) electrons. The topological polar surface area (TPSA) is 52.2 Å². The average molecular weight is 290 g/mol. The quantitative estimate of drug-likeness (QED) is 0.581. The molecule has 4 rings (SSSR count). The highest BCUT2D eigenvalue weighted by Gasteiger charge is 2.11. The number of hydrogen-bond donors (Lipinski definition) is 0. The van der Waals surface area contributed by atoms with Gasteiger partial charge in [0.05, 0.1) is 10.9 Å². The molecule has 2 heterocycles. The van der Waals surface area contributed by atoms with Crippen LogP contribution in [-0.4, -0.2) is 19.2 Å². The summed E-state index contributed by atoms with van der Waals surface area (Å²) in [7, 11) is 0.